The van der Waals surface area contributed by atoms with Gasteiger partial charge in [-0.05, 0) is 38.1 Å². The minimum Gasteiger partial charge on any atom is -0.364 e. The van der Waals surface area contributed by atoms with Crippen molar-refractivity contribution in [3.8, 4) is 11.4 Å². The molecule has 4 aromatic heterocycles. The fourth-order valence-corrected chi connectivity index (χ4v) is 2.75. The van der Waals surface area contributed by atoms with Gasteiger partial charge < -0.3 is 9.72 Å². The van der Waals surface area contributed by atoms with Gasteiger partial charge in [0.25, 0.3) is 0 Å². The maximum Gasteiger partial charge on any atom is 0.163 e. The third-order valence-electron chi connectivity index (χ3n) is 3.97. The van der Waals surface area contributed by atoms with Gasteiger partial charge in [0.05, 0.1) is 12.2 Å². The largest absolute Gasteiger partial charge is 0.364 e. The van der Waals surface area contributed by atoms with Gasteiger partial charge in [0.15, 0.2) is 5.82 Å². The first-order chi connectivity index (χ1) is 12.2. The van der Waals surface area contributed by atoms with Crippen molar-refractivity contribution < 1.29 is 0 Å². The summed E-state index contributed by atoms with van der Waals surface area (Å²) in [7, 11) is 0. The van der Waals surface area contributed by atoms with Crippen LogP contribution in [0.15, 0.2) is 55.0 Å². The van der Waals surface area contributed by atoms with Crippen molar-refractivity contribution in [2.75, 3.05) is 5.32 Å². The van der Waals surface area contributed by atoms with Crippen molar-refractivity contribution in [1.29, 1.82) is 0 Å². The number of nitrogens with one attached hydrogen (secondary N) is 1. The summed E-state index contributed by atoms with van der Waals surface area (Å²) in [5.74, 6) is 1.45. The molecule has 0 aromatic carbocycles. The molecule has 0 radical (unpaired) electrons. The summed E-state index contributed by atoms with van der Waals surface area (Å²) in [5.41, 5.74) is 4.88. The smallest absolute Gasteiger partial charge is 0.163 e. The molecule has 0 saturated carbocycles. The normalized spacial score (nSPS) is 11.0. The number of aryl methyl sites for hydroxylation is 2. The van der Waals surface area contributed by atoms with Crippen LogP contribution in [0.2, 0.25) is 0 Å². The molecule has 0 aliphatic carbocycles. The van der Waals surface area contributed by atoms with E-state index in [1.54, 1.807) is 12.4 Å². The molecule has 0 aliphatic heterocycles. The zero-order valence-corrected chi connectivity index (χ0v) is 14.1. The monoisotopic (exact) mass is 330 g/mol. The van der Waals surface area contributed by atoms with E-state index < -0.39 is 0 Å². The van der Waals surface area contributed by atoms with Crippen LogP contribution in [0.4, 0.5) is 5.82 Å². The molecule has 0 unspecified atom stereocenters. The van der Waals surface area contributed by atoms with Gasteiger partial charge in [0.2, 0.25) is 0 Å². The van der Waals surface area contributed by atoms with Crippen LogP contribution in [-0.2, 0) is 6.54 Å². The quantitative estimate of drug-likeness (QED) is 0.621. The minimum atomic E-state index is 0.601. The number of hydrogen-bond donors (Lipinski definition) is 1. The lowest BCUT2D eigenvalue weighted by Gasteiger charge is -2.07. The van der Waals surface area contributed by atoms with E-state index in [-0.39, 0.29) is 0 Å². The summed E-state index contributed by atoms with van der Waals surface area (Å²) >= 11 is 0. The Hall–Kier alpha value is -3.28. The SMILES string of the molecule is Cc1cc(NCc2cn3c(C)cccc3n2)nc(-c2cccnc2)n1. The van der Waals surface area contributed by atoms with Crippen molar-refractivity contribution in [2.24, 2.45) is 0 Å². The third-order valence-corrected chi connectivity index (χ3v) is 3.97. The van der Waals surface area contributed by atoms with Crippen LogP contribution >= 0.6 is 0 Å². The predicted octanol–water partition coefficient (Wildman–Crippen LogP) is 3.42. The second-order valence-corrected chi connectivity index (χ2v) is 5.94. The molecular formula is C19H18N6. The van der Waals surface area contributed by atoms with Gasteiger partial charge in [0.1, 0.15) is 11.5 Å². The van der Waals surface area contributed by atoms with Gasteiger partial charge in [0, 0.05) is 41.6 Å². The number of rotatable bonds is 4. The van der Waals surface area contributed by atoms with Gasteiger partial charge in [-0.2, -0.15) is 0 Å². The van der Waals surface area contributed by atoms with Crippen LogP contribution in [-0.4, -0.2) is 24.3 Å². The lowest BCUT2D eigenvalue weighted by Crippen LogP contribution is -2.04. The number of aromatic nitrogens is 5. The first kappa shape index (κ1) is 15.3. The first-order valence-electron chi connectivity index (χ1n) is 8.12. The third kappa shape index (κ3) is 3.19. The fraction of sp³-hybridized carbons (Fsp3) is 0.158. The summed E-state index contributed by atoms with van der Waals surface area (Å²) in [4.78, 5) is 17.9. The minimum absolute atomic E-state index is 0.601. The van der Waals surface area contributed by atoms with Crippen molar-refractivity contribution in [3.63, 3.8) is 0 Å². The van der Waals surface area contributed by atoms with E-state index in [4.69, 9.17) is 0 Å². The Balaban J connectivity index is 1.58. The number of imidazole rings is 1. The molecule has 0 amide bonds. The first-order valence-corrected chi connectivity index (χ1v) is 8.12. The van der Waals surface area contributed by atoms with Crippen molar-refractivity contribution in [1.82, 2.24) is 24.3 Å². The average Bonchev–Trinajstić information content (AvgIpc) is 3.05. The van der Waals surface area contributed by atoms with Crippen LogP contribution in [0.3, 0.4) is 0 Å². The maximum absolute atomic E-state index is 4.64. The molecule has 0 bridgehead atoms. The van der Waals surface area contributed by atoms with E-state index in [1.165, 1.54) is 0 Å². The topological polar surface area (TPSA) is 68.0 Å². The zero-order valence-electron chi connectivity index (χ0n) is 14.1. The highest BCUT2D eigenvalue weighted by Gasteiger charge is 2.07. The van der Waals surface area contributed by atoms with Gasteiger partial charge in [-0.25, -0.2) is 15.0 Å². The molecular weight excluding hydrogens is 312 g/mol. The Labute approximate surface area is 145 Å². The molecule has 0 fully saturated rings. The van der Waals surface area contributed by atoms with E-state index in [9.17, 15) is 0 Å². The molecule has 6 heteroatoms. The molecule has 6 nitrogen and oxygen atoms in total. The van der Waals surface area contributed by atoms with Gasteiger partial charge >= 0.3 is 0 Å². The van der Waals surface area contributed by atoms with Gasteiger partial charge in [-0.1, -0.05) is 6.07 Å². The molecule has 0 saturated heterocycles. The van der Waals surface area contributed by atoms with Crippen molar-refractivity contribution in [3.05, 3.63) is 72.1 Å². The molecule has 0 spiro atoms. The Kier molecular flexibility index (Phi) is 3.85. The molecule has 4 rings (SSSR count). The van der Waals surface area contributed by atoms with Crippen LogP contribution in [0.1, 0.15) is 17.1 Å². The fourth-order valence-electron chi connectivity index (χ4n) is 2.75. The molecule has 0 aliphatic rings. The zero-order chi connectivity index (χ0) is 17.2. The summed E-state index contributed by atoms with van der Waals surface area (Å²) in [5, 5.41) is 3.34. The number of anilines is 1. The second-order valence-electron chi connectivity index (χ2n) is 5.94. The van der Waals surface area contributed by atoms with Gasteiger partial charge in [-0.3, -0.25) is 4.98 Å². The average molecular weight is 330 g/mol. The number of fused-ring (bicyclic) bond motifs is 1. The van der Waals surface area contributed by atoms with E-state index in [2.05, 4.69) is 42.6 Å². The molecule has 0 atom stereocenters. The highest BCUT2D eigenvalue weighted by molar-refractivity contribution is 5.56. The van der Waals surface area contributed by atoms with E-state index in [0.717, 1.165) is 34.1 Å². The highest BCUT2D eigenvalue weighted by Crippen LogP contribution is 2.17. The molecule has 124 valence electrons. The Bertz CT molecular complexity index is 1020. The van der Waals surface area contributed by atoms with Crippen LogP contribution in [0.5, 0.6) is 0 Å². The summed E-state index contributed by atoms with van der Waals surface area (Å²) in [6.07, 6.45) is 5.56. The maximum atomic E-state index is 4.64. The van der Waals surface area contributed by atoms with Crippen molar-refractivity contribution >= 4 is 11.5 Å². The Morgan fingerprint density at radius 1 is 1.04 bits per heavy atom. The number of hydrogen-bond acceptors (Lipinski definition) is 5. The number of nitrogens with zero attached hydrogens (tertiary/aromatic N) is 5. The molecule has 4 aromatic rings. The summed E-state index contributed by atoms with van der Waals surface area (Å²) < 4.78 is 2.09. The van der Waals surface area contributed by atoms with Crippen molar-refractivity contribution in [2.45, 2.75) is 20.4 Å². The summed E-state index contributed by atoms with van der Waals surface area (Å²) in [6.45, 7) is 4.63. The second kappa shape index (κ2) is 6.32. The van der Waals surface area contributed by atoms with E-state index >= 15 is 0 Å². The Morgan fingerprint density at radius 3 is 2.76 bits per heavy atom. The lowest BCUT2D eigenvalue weighted by atomic mass is 10.2. The lowest BCUT2D eigenvalue weighted by molar-refractivity contribution is 1.03. The molecule has 1 N–H and O–H groups in total. The Morgan fingerprint density at radius 2 is 1.96 bits per heavy atom. The highest BCUT2D eigenvalue weighted by atomic mass is 15.1. The van der Waals surface area contributed by atoms with Crippen LogP contribution in [0, 0.1) is 13.8 Å². The van der Waals surface area contributed by atoms with E-state index in [0.29, 0.717) is 12.4 Å². The van der Waals surface area contributed by atoms with Crippen LogP contribution < -0.4 is 5.32 Å². The van der Waals surface area contributed by atoms with E-state index in [1.807, 2.05) is 43.5 Å². The van der Waals surface area contributed by atoms with Gasteiger partial charge in [-0.15, -0.1) is 0 Å². The molecule has 25 heavy (non-hydrogen) atoms. The standard InChI is InChI=1S/C19H18N6/c1-13-9-17(24-19(22-13)15-6-4-8-20-10-15)21-11-16-12-25-14(2)5-3-7-18(25)23-16/h3-10,12H,11H2,1-2H3,(H,21,22,24). The number of pyridine rings is 2. The summed E-state index contributed by atoms with van der Waals surface area (Å²) in [6, 6.07) is 11.9. The predicted molar refractivity (Wildman–Crippen MR) is 97.3 cm³/mol. The van der Waals surface area contributed by atoms with Crippen LogP contribution in [0.25, 0.3) is 17.0 Å². The molecule has 4 heterocycles.